The first-order valence-corrected chi connectivity index (χ1v) is 4.67. The Morgan fingerprint density at radius 1 is 1.36 bits per heavy atom. The summed E-state index contributed by atoms with van der Waals surface area (Å²) in [5.41, 5.74) is 0. The highest BCUT2D eigenvalue weighted by atomic mass is 19.1. The van der Waals surface area contributed by atoms with Crippen molar-refractivity contribution in [2.75, 3.05) is 19.6 Å². The lowest BCUT2D eigenvalue weighted by molar-refractivity contribution is 0.237. The lowest BCUT2D eigenvalue weighted by Gasteiger charge is -2.13. The molecule has 1 saturated carbocycles. The van der Waals surface area contributed by atoms with E-state index in [-0.39, 0.29) is 0 Å². The zero-order valence-electron chi connectivity index (χ0n) is 7.09. The van der Waals surface area contributed by atoms with Gasteiger partial charge in [-0.05, 0) is 25.3 Å². The fourth-order valence-corrected chi connectivity index (χ4v) is 2.55. The van der Waals surface area contributed by atoms with Gasteiger partial charge in [-0.25, -0.2) is 4.39 Å². The average molecular weight is 157 g/mol. The third-order valence-electron chi connectivity index (χ3n) is 3.29. The molecule has 0 aromatic carbocycles. The maximum atomic E-state index is 13.2. The topological polar surface area (TPSA) is 3.24 Å². The van der Waals surface area contributed by atoms with Crippen LogP contribution in [0.15, 0.2) is 0 Å². The molecule has 0 bridgehead atoms. The first kappa shape index (κ1) is 7.53. The Bertz CT molecular complexity index is 148. The van der Waals surface area contributed by atoms with E-state index in [1.54, 1.807) is 0 Å². The lowest BCUT2D eigenvalue weighted by atomic mass is 10.0. The summed E-state index contributed by atoms with van der Waals surface area (Å²) >= 11 is 0. The molecule has 11 heavy (non-hydrogen) atoms. The van der Waals surface area contributed by atoms with Crippen LogP contribution < -0.4 is 0 Å². The molecule has 1 aliphatic heterocycles. The molecule has 1 heterocycles. The van der Waals surface area contributed by atoms with E-state index in [9.17, 15) is 4.39 Å². The highest BCUT2D eigenvalue weighted by Crippen LogP contribution is 2.39. The van der Waals surface area contributed by atoms with Gasteiger partial charge < -0.3 is 4.90 Å². The molecular weight excluding hydrogens is 141 g/mol. The number of hydrogen-bond acceptors (Lipinski definition) is 1. The van der Waals surface area contributed by atoms with Crippen LogP contribution in [0, 0.1) is 11.8 Å². The smallest absolute Gasteiger partial charge is 0.104 e. The maximum absolute atomic E-state index is 13.2. The number of fused-ring (bicyclic) bond motifs is 1. The maximum Gasteiger partial charge on any atom is 0.104 e. The summed E-state index contributed by atoms with van der Waals surface area (Å²) in [6.07, 6.45) is 1.46. The molecule has 0 radical (unpaired) electrons. The zero-order valence-corrected chi connectivity index (χ0v) is 7.09. The van der Waals surface area contributed by atoms with Gasteiger partial charge in [0, 0.05) is 19.0 Å². The largest absolute Gasteiger partial charge is 0.303 e. The number of halogens is 1. The quantitative estimate of drug-likeness (QED) is 0.560. The van der Waals surface area contributed by atoms with Gasteiger partial charge >= 0.3 is 0 Å². The Balaban J connectivity index is 1.98. The number of likely N-dealkylation sites (tertiary alicyclic amines) is 1. The van der Waals surface area contributed by atoms with E-state index < -0.39 is 6.17 Å². The lowest BCUT2D eigenvalue weighted by Crippen LogP contribution is -2.22. The summed E-state index contributed by atoms with van der Waals surface area (Å²) in [6, 6.07) is 0. The first-order chi connectivity index (χ1) is 5.31. The third kappa shape index (κ3) is 1.18. The fourth-order valence-electron chi connectivity index (χ4n) is 2.55. The highest BCUT2D eigenvalue weighted by Gasteiger charge is 2.42. The van der Waals surface area contributed by atoms with Gasteiger partial charge in [-0.15, -0.1) is 0 Å². The second-order valence-electron chi connectivity index (χ2n) is 3.87. The van der Waals surface area contributed by atoms with Crippen molar-refractivity contribution in [2.24, 2.45) is 11.8 Å². The molecule has 2 heteroatoms. The normalized spacial score (nSPS) is 44.7. The van der Waals surface area contributed by atoms with Crippen LogP contribution in [0.2, 0.25) is 0 Å². The van der Waals surface area contributed by atoms with E-state index in [1.165, 1.54) is 0 Å². The number of alkyl halides is 1. The molecule has 1 nitrogen and oxygen atoms in total. The molecule has 0 amide bonds. The second kappa shape index (κ2) is 2.74. The Hall–Kier alpha value is -0.110. The van der Waals surface area contributed by atoms with Crippen LogP contribution in [0.5, 0.6) is 0 Å². The van der Waals surface area contributed by atoms with Crippen molar-refractivity contribution in [3.63, 3.8) is 0 Å². The SMILES string of the molecule is CCN1CC2CCC(F)C2C1. The summed E-state index contributed by atoms with van der Waals surface area (Å²) in [5.74, 6) is 1.07. The van der Waals surface area contributed by atoms with Gasteiger partial charge in [-0.3, -0.25) is 0 Å². The van der Waals surface area contributed by atoms with Crippen molar-refractivity contribution in [3.05, 3.63) is 0 Å². The molecule has 0 N–H and O–H groups in total. The van der Waals surface area contributed by atoms with Crippen LogP contribution >= 0.6 is 0 Å². The minimum atomic E-state index is -0.489. The minimum Gasteiger partial charge on any atom is -0.303 e. The first-order valence-electron chi connectivity index (χ1n) is 4.67. The molecule has 2 rings (SSSR count). The minimum absolute atomic E-state index is 0.384. The van der Waals surface area contributed by atoms with Crippen LogP contribution in [0.4, 0.5) is 4.39 Å². The summed E-state index contributed by atoms with van der Waals surface area (Å²) in [7, 11) is 0. The van der Waals surface area contributed by atoms with Gasteiger partial charge in [0.15, 0.2) is 0 Å². The van der Waals surface area contributed by atoms with E-state index >= 15 is 0 Å². The van der Waals surface area contributed by atoms with Crippen molar-refractivity contribution in [1.29, 1.82) is 0 Å². The molecule has 0 aromatic heterocycles. The Labute approximate surface area is 67.6 Å². The molecule has 64 valence electrons. The van der Waals surface area contributed by atoms with Crippen LogP contribution in [0.3, 0.4) is 0 Å². The van der Waals surface area contributed by atoms with Crippen LogP contribution in [-0.4, -0.2) is 30.7 Å². The van der Waals surface area contributed by atoms with Crippen LogP contribution in [0.1, 0.15) is 19.8 Å². The highest BCUT2D eigenvalue weighted by molar-refractivity contribution is 4.93. The molecule has 0 spiro atoms. The van der Waals surface area contributed by atoms with Crippen molar-refractivity contribution in [2.45, 2.75) is 25.9 Å². The number of nitrogens with zero attached hydrogens (tertiary/aromatic N) is 1. The van der Waals surface area contributed by atoms with Crippen molar-refractivity contribution >= 4 is 0 Å². The van der Waals surface area contributed by atoms with E-state index in [2.05, 4.69) is 11.8 Å². The monoisotopic (exact) mass is 157 g/mol. The molecule has 3 atom stereocenters. The summed E-state index contributed by atoms with van der Waals surface area (Å²) < 4.78 is 13.2. The summed E-state index contributed by atoms with van der Waals surface area (Å²) in [5, 5.41) is 0. The summed E-state index contributed by atoms with van der Waals surface area (Å²) in [6.45, 7) is 5.43. The fraction of sp³-hybridized carbons (Fsp3) is 1.00. The predicted octanol–water partition coefficient (Wildman–Crippen LogP) is 1.69. The molecular formula is C9H16FN. The zero-order chi connectivity index (χ0) is 7.84. The molecule has 1 aliphatic carbocycles. The number of rotatable bonds is 1. The molecule has 3 unspecified atom stereocenters. The number of hydrogen-bond donors (Lipinski definition) is 0. The average Bonchev–Trinajstić information content (AvgIpc) is 2.53. The molecule has 0 aromatic rings. The predicted molar refractivity (Wildman–Crippen MR) is 43.2 cm³/mol. The third-order valence-corrected chi connectivity index (χ3v) is 3.29. The van der Waals surface area contributed by atoms with E-state index in [0.717, 1.165) is 32.5 Å². The second-order valence-corrected chi connectivity index (χ2v) is 3.87. The summed E-state index contributed by atoms with van der Waals surface area (Å²) in [4.78, 5) is 2.38. The van der Waals surface area contributed by atoms with Gasteiger partial charge in [0.05, 0.1) is 0 Å². The van der Waals surface area contributed by atoms with Gasteiger partial charge in [-0.1, -0.05) is 6.92 Å². The standard InChI is InChI=1S/C9H16FN/c1-2-11-5-7-3-4-9(10)8(7)6-11/h7-9H,2-6H2,1H3. The van der Waals surface area contributed by atoms with E-state index in [1.807, 2.05) is 0 Å². The van der Waals surface area contributed by atoms with Gasteiger partial charge in [-0.2, -0.15) is 0 Å². The molecule has 1 saturated heterocycles. The van der Waals surface area contributed by atoms with Crippen LogP contribution in [-0.2, 0) is 0 Å². The van der Waals surface area contributed by atoms with Crippen molar-refractivity contribution in [1.82, 2.24) is 4.90 Å². The van der Waals surface area contributed by atoms with E-state index in [4.69, 9.17) is 0 Å². The molecule has 2 aliphatic rings. The van der Waals surface area contributed by atoms with Crippen molar-refractivity contribution < 1.29 is 4.39 Å². The van der Waals surface area contributed by atoms with Gasteiger partial charge in [0.2, 0.25) is 0 Å². The van der Waals surface area contributed by atoms with Gasteiger partial charge in [0.25, 0.3) is 0 Å². The van der Waals surface area contributed by atoms with Gasteiger partial charge in [0.1, 0.15) is 6.17 Å². The molecule has 2 fully saturated rings. The Morgan fingerprint density at radius 3 is 2.82 bits per heavy atom. The Morgan fingerprint density at radius 2 is 2.18 bits per heavy atom. The van der Waals surface area contributed by atoms with E-state index in [0.29, 0.717) is 11.8 Å². The van der Waals surface area contributed by atoms with Crippen molar-refractivity contribution in [3.8, 4) is 0 Å². The van der Waals surface area contributed by atoms with Crippen LogP contribution in [0.25, 0.3) is 0 Å². The Kier molecular flexibility index (Phi) is 1.88.